The number of aromatic nitrogens is 2. The Balaban J connectivity index is 0.920. The van der Waals surface area contributed by atoms with Crippen molar-refractivity contribution in [2.75, 3.05) is 0 Å². The average molecular weight is 807 g/mol. The first-order valence-corrected chi connectivity index (χ1v) is 22.6. The Morgan fingerprint density at radius 1 is 0.492 bits per heavy atom. The number of hydrogen-bond acceptors (Lipinski definition) is 0. The van der Waals surface area contributed by atoms with Crippen LogP contribution in [0.25, 0.3) is 88.4 Å². The maximum absolute atomic E-state index is 2.50. The minimum Gasteiger partial charge on any atom is -0.309 e. The van der Waals surface area contributed by atoms with E-state index in [0.717, 1.165) is 19.3 Å². The highest BCUT2D eigenvalue weighted by atomic mass is 15.0. The van der Waals surface area contributed by atoms with Crippen molar-refractivity contribution in [3.8, 4) is 44.8 Å². The normalized spacial score (nSPS) is 15.8. The van der Waals surface area contributed by atoms with Crippen LogP contribution in [0.5, 0.6) is 0 Å². The van der Waals surface area contributed by atoms with Crippen LogP contribution >= 0.6 is 0 Å². The highest BCUT2D eigenvalue weighted by molar-refractivity contribution is 6.13. The highest BCUT2D eigenvalue weighted by Gasteiger charge is 2.41. The van der Waals surface area contributed by atoms with E-state index < -0.39 is 0 Å². The molecule has 13 rings (SSSR count). The molecule has 0 fully saturated rings. The van der Waals surface area contributed by atoms with E-state index in [2.05, 4.69) is 223 Å². The first kappa shape index (κ1) is 36.3. The molecule has 1 atom stereocenters. The summed E-state index contributed by atoms with van der Waals surface area (Å²) in [6, 6.07) is 63.9. The summed E-state index contributed by atoms with van der Waals surface area (Å²) in [5.41, 5.74) is 22.5. The molecular formula is C61H46N2. The second kappa shape index (κ2) is 13.8. The summed E-state index contributed by atoms with van der Waals surface area (Å²) in [7, 11) is 0. The lowest BCUT2D eigenvalue weighted by atomic mass is 9.81. The minimum absolute atomic E-state index is 0.153. The van der Waals surface area contributed by atoms with Crippen LogP contribution in [0.4, 0.5) is 0 Å². The van der Waals surface area contributed by atoms with Crippen LogP contribution in [0.1, 0.15) is 61.3 Å². The van der Waals surface area contributed by atoms with Crippen LogP contribution in [0.3, 0.4) is 0 Å². The van der Waals surface area contributed by atoms with Gasteiger partial charge in [0.1, 0.15) is 0 Å². The second-order valence-electron chi connectivity index (χ2n) is 18.3. The third-order valence-corrected chi connectivity index (χ3v) is 14.6. The van der Waals surface area contributed by atoms with Crippen molar-refractivity contribution < 1.29 is 0 Å². The van der Waals surface area contributed by atoms with E-state index in [1.807, 2.05) is 0 Å². The molecule has 2 nitrogen and oxygen atoms in total. The molecule has 0 saturated carbocycles. The minimum atomic E-state index is -0.153. The molecule has 10 aromatic rings. The van der Waals surface area contributed by atoms with Crippen molar-refractivity contribution in [2.24, 2.45) is 0 Å². The molecule has 3 aliphatic carbocycles. The summed E-state index contributed by atoms with van der Waals surface area (Å²) in [6.45, 7) is 4.86. The molecule has 2 heterocycles. The Hall–Kier alpha value is -7.42. The van der Waals surface area contributed by atoms with E-state index in [1.165, 1.54) is 116 Å². The van der Waals surface area contributed by atoms with Crippen LogP contribution in [-0.2, 0) is 5.41 Å². The van der Waals surface area contributed by atoms with Gasteiger partial charge in [-0.1, -0.05) is 159 Å². The number of hydrogen-bond donors (Lipinski definition) is 0. The quantitative estimate of drug-likeness (QED) is 0.158. The summed E-state index contributed by atoms with van der Waals surface area (Å²) in [6.07, 6.45) is 14.5. The lowest BCUT2D eigenvalue weighted by molar-refractivity contribution is 0.659. The lowest BCUT2D eigenvalue weighted by Gasteiger charge is -2.23. The molecule has 0 aliphatic heterocycles. The molecular weight excluding hydrogens is 761 g/mol. The fraction of sp³-hybridized carbons (Fsp3) is 0.115. The fourth-order valence-corrected chi connectivity index (χ4v) is 11.6. The zero-order chi connectivity index (χ0) is 41.8. The van der Waals surface area contributed by atoms with Gasteiger partial charge < -0.3 is 9.13 Å². The Labute approximate surface area is 368 Å². The molecule has 300 valence electrons. The summed E-state index contributed by atoms with van der Waals surface area (Å²) < 4.78 is 4.88. The zero-order valence-electron chi connectivity index (χ0n) is 35.6. The van der Waals surface area contributed by atoms with Gasteiger partial charge in [0.15, 0.2) is 0 Å². The van der Waals surface area contributed by atoms with E-state index in [1.54, 1.807) is 0 Å². The molecule has 0 saturated heterocycles. The number of benzene rings is 8. The van der Waals surface area contributed by atoms with Crippen LogP contribution < -0.4 is 0 Å². The maximum atomic E-state index is 2.50. The lowest BCUT2D eigenvalue weighted by Crippen LogP contribution is -2.15. The van der Waals surface area contributed by atoms with Crippen molar-refractivity contribution in [1.29, 1.82) is 0 Å². The van der Waals surface area contributed by atoms with Crippen molar-refractivity contribution in [2.45, 2.75) is 44.4 Å². The third-order valence-electron chi connectivity index (χ3n) is 14.6. The highest BCUT2D eigenvalue weighted by Crippen LogP contribution is 2.58. The van der Waals surface area contributed by atoms with Gasteiger partial charge in [0, 0.05) is 44.3 Å². The van der Waals surface area contributed by atoms with Gasteiger partial charge in [0.25, 0.3) is 0 Å². The van der Waals surface area contributed by atoms with Gasteiger partial charge >= 0.3 is 0 Å². The number of para-hydroxylation sites is 3. The predicted molar refractivity (Wildman–Crippen MR) is 266 cm³/mol. The molecule has 0 radical (unpaired) electrons. The number of rotatable bonds is 6. The third kappa shape index (κ3) is 5.37. The van der Waals surface area contributed by atoms with Crippen molar-refractivity contribution in [3.63, 3.8) is 0 Å². The van der Waals surface area contributed by atoms with Gasteiger partial charge in [-0.25, -0.2) is 0 Å². The first-order chi connectivity index (χ1) is 31.0. The molecule has 2 aromatic heterocycles. The van der Waals surface area contributed by atoms with Crippen molar-refractivity contribution >= 4 is 43.6 Å². The summed E-state index contributed by atoms with van der Waals surface area (Å²) in [4.78, 5) is 0. The Morgan fingerprint density at radius 3 is 1.89 bits per heavy atom. The largest absolute Gasteiger partial charge is 0.309 e. The summed E-state index contributed by atoms with van der Waals surface area (Å²) in [5.74, 6) is 0.387. The van der Waals surface area contributed by atoms with Gasteiger partial charge in [0.05, 0.1) is 22.1 Å². The Bertz CT molecular complexity index is 3620. The second-order valence-corrected chi connectivity index (χ2v) is 18.3. The van der Waals surface area contributed by atoms with E-state index in [0.29, 0.717) is 5.92 Å². The van der Waals surface area contributed by atoms with E-state index in [9.17, 15) is 0 Å². The predicted octanol–water partition coefficient (Wildman–Crippen LogP) is 16.2. The maximum Gasteiger partial charge on any atom is 0.0541 e. The molecule has 1 unspecified atom stereocenters. The fourth-order valence-electron chi connectivity index (χ4n) is 11.6. The Morgan fingerprint density at radius 2 is 1.14 bits per heavy atom. The molecule has 0 N–H and O–H groups in total. The SMILES string of the molecule is CC1(C)c2cc(-n3c4ccccc4c4cc(-c5ccc6c(c5)c5ccccc5n6-c5ccccc5)ccc43)ccc2-c2c1ccc1c2-c2ccccc2C1CCC1=CCC=CC=C1. The van der Waals surface area contributed by atoms with Crippen LogP contribution in [0.15, 0.2) is 206 Å². The molecule has 0 spiro atoms. The van der Waals surface area contributed by atoms with Gasteiger partial charge in [-0.3, -0.25) is 0 Å². The zero-order valence-corrected chi connectivity index (χ0v) is 35.6. The van der Waals surface area contributed by atoms with Gasteiger partial charge in [0.2, 0.25) is 0 Å². The van der Waals surface area contributed by atoms with E-state index >= 15 is 0 Å². The van der Waals surface area contributed by atoms with Crippen LogP contribution in [0.2, 0.25) is 0 Å². The molecule has 8 aromatic carbocycles. The summed E-state index contributed by atoms with van der Waals surface area (Å²) >= 11 is 0. The molecule has 2 heteroatoms. The smallest absolute Gasteiger partial charge is 0.0541 e. The van der Waals surface area contributed by atoms with Gasteiger partial charge in [-0.2, -0.15) is 0 Å². The topological polar surface area (TPSA) is 9.86 Å². The molecule has 3 aliphatic rings. The first-order valence-electron chi connectivity index (χ1n) is 22.6. The number of fused-ring (bicyclic) bond motifs is 13. The van der Waals surface area contributed by atoms with E-state index in [-0.39, 0.29) is 5.41 Å². The monoisotopic (exact) mass is 806 g/mol. The average Bonchev–Trinajstić information content (AvgIpc) is 3.93. The summed E-state index contributed by atoms with van der Waals surface area (Å²) in [5, 5.41) is 5.07. The molecule has 0 amide bonds. The van der Waals surface area contributed by atoms with Gasteiger partial charge in [-0.05, 0) is 136 Å². The van der Waals surface area contributed by atoms with Crippen LogP contribution in [0, 0.1) is 0 Å². The number of allylic oxidation sites excluding steroid dienone is 6. The number of nitrogens with zero attached hydrogens (tertiary/aromatic N) is 2. The van der Waals surface area contributed by atoms with E-state index in [4.69, 9.17) is 0 Å². The van der Waals surface area contributed by atoms with Crippen molar-refractivity contribution in [3.05, 3.63) is 228 Å². The Kier molecular flexibility index (Phi) is 7.94. The standard InChI is InChI=1S/C61H46N2/c1-61(2)53-33-32-49-45(30-26-39-16-6-3-4-7-17-39)44-20-10-11-23-48(44)59(49)60(53)50-31-29-43(38-54(50)61)63-56-25-15-13-22-47(56)52-37-41(28-35-58(52)63)40-27-34-57-51(36-40)46-21-12-14-24-55(46)62(57)42-18-8-5-9-19-42/h3-6,8-25,27-29,31-38,45H,7,26,30H2,1-2H3. The molecule has 63 heavy (non-hydrogen) atoms. The van der Waals surface area contributed by atoms with Crippen LogP contribution in [-0.4, -0.2) is 9.13 Å². The van der Waals surface area contributed by atoms with Crippen molar-refractivity contribution in [1.82, 2.24) is 9.13 Å². The van der Waals surface area contributed by atoms with Gasteiger partial charge in [-0.15, -0.1) is 0 Å². The molecule has 0 bridgehead atoms.